The van der Waals surface area contributed by atoms with Gasteiger partial charge in [0.15, 0.2) is 0 Å². The van der Waals surface area contributed by atoms with Crippen molar-refractivity contribution in [3.8, 4) is 0 Å². The number of amides is 1. The summed E-state index contributed by atoms with van der Waals surface area (Å²) in [5, 5.41) is 0. The quantitative estimate of drug-likeness (QED) is 0.913. The van der Waals surface area contributed by atoms with Gasteiger partial charge in [0.2, 0.25) is 5.91 Å². The summed E-state index contributed by atoms with van der Waals surface area (Å²) in [6, 6.07) is 10.3. The van der Waals surface area contributed by atoms with Crippen LogP contribution < -0.4 is 5.73 Å². The molecule has 0 aromatic heterocycles. The van der Waals surface area contributed by atoms with Crippen LogP contribution in [0.5, 0.6) is 0 Å². The van der Waals surface area contributed by atoms with Crippen molar-refractivity contribution >= 4 is 5.91 Å². The molecule has 3 rings (SSSR count). The van der Waals surface area contributed by atoms with E-state index < -0.39 is 0 Å². The molecule has 1 aliphatic carbocycles. The minimum Gasteiger partial charge on any atom is -0.369 e. The highest BCUT2D eigenvalue weighted by Gasteiger charge is 2.42. The standard InChI is InChI=1S/C18H26N2O2/c1-18(2)12-22-16(13-6-4-3-5-7-13)11-20(18)17(21)14-8-9-15(19)10-14/h3-7,14-16H,8-12,19H2,1-2H3. The molecule has 0 radical (unpaired) electrons. The van der Waals surface area contributed by atoms with E-state index in [1.54, 1.807) is 0 Å². The topological polar surface area (TPSA) is 55.6 Å². The Hall–Kier alpha value is -1.39. The Morgan fingerprint density at radius 3 is 2.64 bits per heavy atom. The lowest BCUT2D eigenvalue weighted by Gasteiger charge is -2.46. The van der Waals surface area contributed by atoms with Gasteiger partial charge in [0.1, 0.15) is 6.10 Å². The van der Waals surface area contributed by atoms with Crippen molar-refractivity contribution in [3.05, 3.63) is 35.9 Å². The number of carbonyl (C=O) groups excluding carboxylic acids is 1. The Labute approximate surface area is 132 Å². The highest BCUT2D eigenvalue weighted by atomic mass is 16.5. The Balaban J connectivity index is 1.76. The number of morpholine rings is 1. The number of carbonyl (C=O) groups is 1. The average Bonchev–Trinajstić information content (AvgIpc) is 2.94. The van der Waals surface area contributed by atoms with Crippen molar-refractivity contribution in [2.24, 2.45) is 11.7 Å². The average molecular weight is 302 g/mol. The highest BCUT2D eigenvalue weighted by molar-refractivity contribution is 5.80. The second kappa shape index (κ2) is 6.01. The molecule has 4 heteroatoms. The van der Waals surface area contributed by atoms with Crippen LogP contribution in [0.4, 0.5) is 0 Å². The number of nitrogens with zero attached hydrogens (tertiary/aromatic N) is 1. The van der Waals surface area contributed by atoms with Crippen LogP contribution in [0.3, 0.4) is 0 Å². The number of benzene rings is 1. The Morgan fingerprint density at radius 1 is 1.27 bits per heavy atom. The third-order valence-electron chi connectivity index (χ3n) is 4.98. The van der Waals surface area contributed by atoms with E-state index in [0.717, 1.165) is 24.8 Å². The third-order valence-corrected chi connectivity index (χ3v) is 4.98. The maximum Gasteiger partial charge on any atom is 0.226 e. The van der Waals surface area contributed by atoms with Crippen LogP contribution in [-0.4, -0.2) is 35.5 Å². The summed E-state index contributed by atoms with van der Waals surface area (Å²) in [4.78, 5) is 15.0. The molecule has 3 unspecified atom stereocenters. The summed E-state index contributed by atoms with van der Waals surface area (Å²) in [5.74, 6) is 0.339. The molecule has 1 aromatic carbocycles. The van der Waals surface area contributed by atoms with Crippen LogP contribution in [-0.2, 0) is 9.53 Å². The molecule has 3 atom stereocenters. The van der Waals surface area contributed by atoms with Crippen LogP contribution in [0.25, 0.3) is 0 Å². The lowest BCUT2D eigenvalue weighted by molar-refractivity contribution is -0.159. The largest absolute Gasteiger partial charge is 0.369 e. The van der Waals surface area contributed by atoms with Gasteiger partial charge in [-0.15, -0.1) is 0 Å². The fraction of sp³-hybridized carbons (Fsp3) is 0.611. The molecule has 22 heavy (non-hydrogen) atoms. The van der Waals surface area contributed by atoms with E-state index in [9.17, 15) is 4.79 Å². The van der Waals surface area contributed by atoms with E-state index in [-0.39, 0.29) is 29.5 Å². The first-order chi connectivity index (χ1) is 10.5. The van der Waals surface area contributed by atoms with Gasteiger partial charge in [-0.05, 0) is 38.7 Å². The summed E-state index contributed by atoms with van der Waals surface area (Å²) >= 11 is 0. The Bertz CT molecular complexity index is 529. The number of hydrogen-bond donors (Lipinski definition) is 1. The minimum absolute atomic E-state index is 0.0340. The van der Waals surface area contributed by atoms with Crippen molar-refractivity contribution < 1.29 is 9.53 Å². The smallest absolute Gasteiger partial charge is 0.226 e. The molecule has 1 aliphatic heterocycles. The van der Waals surface area contributed by atoms with E-state index in [1.807, 2.05) is 23.1 Å². The van der Waals surface area contributed by atoms with E-state index in [1.165, 1.54) is 0 Å². The van der Waals surface area contributed by atoms with Gasteiger partial charge < -0.3 is 15.4 Å². The summed E-state index contributed by atoms with van der Waals surface area (Å²) in [5.41, 5.74) is 6.87. The first-order valence-electron chi connectivity index (χ1n) is 8.21. The molecule has 1 amide bonds. The zero-order valence-corrected chi connectivity index (χ0v) is 13.5. The second-order valence-electron chi connectivity index (χ2n) is 7.24. The summed E-state index contributed by atoms with van der Waals surface area (Å²) < 4.78 is 6.02. The van der Waals surface area contributed by atoms with Gasteiger partial charge in [-0.2, -0.15) is 0 Å². The predicted octanol–water partition coefficient (Wildman–Crippen LogP) is 2.49. The van der Waals surface area contributed by atoms with Crippen LogP contribution in [0.15, 0.2) is 30.3 Å². The zero-order chi connectivity index (χ0) is 15.7. The fourth-order valence-corrected chi connectivity index (χ4v) is 3.57. The predicted molar refractivity (Wildman–Crippen MR) is 86.2 cm³/mol. The van der Waals surface area contributed by atoms with Crippen LogP contribution >= 0.6 is 0 Å². The highest BCUT2D eigenvalue weighted by Crippen LogP contribution is 2.34. The molecule has 2 N–H and O–H groups in total. The number of hydrogen-bond acceptors (Lipinski definition) is 3. The molecule has 1 heterocycles. The van der Waals surface area contributed by atoms with Gasteiger partial charge in [-0.1, -0.05) is 30.3 Å². The first kappa shape index (κ1) is 15.5. The molecule has 1 aromatic rings. The molecule has 2 aliphatic rings. The Kier molecular flexibility index (Phi) is 4.24. The molecule has 1 saturated carbocycles. The van der Waals surface area contributed by atoms with E-state index in [2.05, 4.69) is 26.0 Å². The monoisotopic (exact) mass is 302 g/mol. The van der Waals surface area contributed by atoms with E-state index >= 15 is 0 Å². The van der Waals surface area contributed by atoms with Gasteiger partial charge in [0.25, 0.3) is 0 Å². The van der Waals surface area contributed by atoms with Crippen molar-refractivity contribution in [1.82, 2.24) is 4.90 Å². The molecule has 1 saturated heterocycles. The van der Waals surface area contributed by atoms with Crippen LogP contribution in [0.2, 0.25) is 0 Å². The molecule has 4 nitrogen and oxygen atoms in total. The molecular weight excluding hydrogens is 276 g/mol. The zero-order valence-electron chi connectivity index (χ0n) is 13.5. The lowest BCUT2D eigenvalue weighted by atomic mass is 9.95. The normalized spacial score (nSPS) is 31.2. The minimum atomic E-state index is -0.255. The lowest BCUT2D eigenvalue weighted by Crippen LogP contribution is -2.57. The van der Waals surface area contributed by atoms with Crippen molar-refractivity contribution in [1.29, 1.82) is 0 Å². The van der Waals surface area contributed by atoms with Crippen molar-refractivity contribution in [3.63, 3.8) is 0 Å². The Morgan fingerprint density at radius 2 is 2.00 bits per heavy atom. The SMILES string of the molecule is CC1(C)COC(c2ccccc2)CN1C(=O)C1CCC(N)C1. The number of rotatable bonds is 2. The van der Waals surface area contributed by atoms with E-state index in [4.69, 9.17) is 10.5 Å². The third kappa shape index (κ3) is 3.03. The molecule has 2 fully saturated rings. The number of nitrogens with two attached hydrogens (primary N) is 1. The van der Waals surface area contributed by atoms with Crippen LogP contribution in [0, 0.1) is 5.92 Å². The first-order valence-corrected chi connectivity index (χ1v) is 8.21. The summed E-state index contributed by atoms with van der Waals surface area (Å²) in [7, 11) is 0. The molecular formula is C18H26N2O2. The maximum atomic E-state index is 13.0. The molecule has 0 spiro atoms. The van der Waals surface area contributed by atoms with Crippen molar-refractivity contribution in [2.45, 2.75) is 50.8 Å². The van der Waals surface area contributed by atoms with Gasteiger partial charge in [-0.3, -0.25) is 4.79 Å². The molecule has 120 valence electrons. The van der Waals surface area contributed by atoms with Gasteiger partial charge >= 0.3 is 0 Å². The summed E-state index contributed by atoms with van der Waals surface area (Å²) in [6.07, 6.45) is 2.67. The fourth-order valence-electron chi connectivity index (χ4n) is 3.57. The van der Waals surface area contributed by atoms with Gasteiger partial charge in [0.05, 0.1) is 18.7 Å². The van der Waals surface area contributed by atoms with Gasteiger partial charge in [-0.25, -0.2) is 0 Å². The molecule has 0 bridgehead atoms. The maximum absolute atomic E-state index is 13.0. The van der Waals surface area contributed by atoms with Crippen molar-refractivity contribution in [2.75, 3.05) is 13.2 Å². The number of ether oxygens (including phenoxy) is 1. The van der Waals surface area contributed by atoms with Crippen LogP contribution in [0.1, 0.15) is 44.8 Å². The van der Waals surface area contributed by atoms with E-state index in [0.29, 0.717) is 13.2 Å². The second-order valence-corrected chi connectivity index (χ2v) is 7.24. The summed E-state index contributed by atoms with van der Waals surface area (Å²) in [6.45, 7) is 5.36. The van der Waals surface area contributed by atoms with Gasteiger partial charge in [0, 0.05) is 12.0 Å².